The second-order valence-corrected chi connectivity index (χ2v) is 4.87. The summed E-state index contributed by atoms with van der Waals surface area (Å²) >= 11 is 3.14. The number of nitrogens with zero attached hydrogens (tertiary/aromatic N) is 1. The number of carbonyl (C=O) groups is 1. The summed E-state index contributed by atoms with van der Waals surface area (Å²) in [6.45, 7) is 1.40. The summed E-state index contributed by atoms with van der Waals surface area (Å²) < 4.78 is 10.2. The van der Waals surface area contributed by atoms with Crippen molar-refractivity contribution in [1.29, 1.82) is 0 Å². The Morgan fingerprint density at radius 1 is 1.55 bits per heavy atom. The average molecular weight is 348 g/mol. The number of benzene rings is 1. The Kier molecular flexibility index (Phi) is 5.90. The summed E-state index contributed by atoms with van der Waals surface area (Å²) in [4.78, 5) is 21.4. The molecular formula is C12H14BrNO6. The molecule has 0 saturated heterocycles. The highest BCUT2D eigenvalue weighted by Gasteiger charge is 2.23. The molecule has 20 heavy (non-hydrogen) atoms. The summed E-state index contributed by atoms with van der Waals surface area (Å²) in [6.07, 6.45) is -0.984. The van der Waals surface area contributed by atoms with Gasteiger partial charge in [0.2, 0.25) is 5.75 Å². The number of methoxy groups -OCH3 is 1. The summed E-state index contributed by atoms with van der Waals surface area (Å²) in [5, 5.41) is 20.7. The molecule has 0 aliphatic heterocycles. The molecule has 0 amide bonds. The molecule has 0 aliphatic rings. The Labute approximate surface area is 123 Å². The number of hydrogen-bond donors (Lipinski definition) is 1. The Morgan fingerprint density at radius 3 is 2.70 bits per heavy atom. The van der Waals surface area contributed by atoms with Crippen molar-refractivity contribution in [2.75, 3.05) is 13.7 Å². The van der Waals surface area contributed by atoms with Crippen molar-refractivity contribution < 1.29 is 24.3 Å². The van der Waals surface area contributed by atoms with Crippen LogP contribution >= 0.6 is 15.9 Å². The molecule has 1 atom stereocenters. The standard InChI is InChI=1S/C12H14BrNO6/c1-7(15)9-5-8(13)6-10(14(17)18)12(9)20-4-3-11(16)19-2/h5-7,15H,3-4H2,1-2H3/t7-/m0/s1. The van der Waals surface area contributed by atoms with E-state index in [2.05, 4.69) is 20.7 Å². The minimum atomic E-state index is -0.945. The highest BCUT2D eigenvalue weighted by molar-refractivity contribution is 9.10. The first kappa shape index (κ1) is 16.4. The van der Waals surface area contributed by atoms with E-state index in [9.17, 15) is 20.0 Å². The van der Waals surface area contributed by atoms with Crippen LogP contribution in [0.3, 0.4) is 0 Å². The summed E-state index contributed by atoms with van der Waals surface area (Å²) in [6, 6.07) is 2.81. The zero-order chi connectivity index (χ0) is 15.3. The SMILES string of the molecule is COC(=O)CCOc1c([C@H](C)O)cc(Br)cc1[N+](=O)[O-]. The normalized spacial score (nSPS) is 11.8. The van der Waals surface area contributed by atoms with Crippen LogP contribution in [-0.2, 0) is 9.53 Å². The molecule has 0 saturated carbocycles. The lowest BCUT2D eigenvalue weighted by molar-refractivity contribution is -0.386. The highest BCUT2D eigenvalue weighted by Crippen LogP contribution is 2.37. The number of hydrogen-bond acceptors (Lipinski definition) is 6. The maximum atomic E-state index is 11.0. The Hall–Kier alpha value is -1.67. The molecule has 0 radical (unpaired) electrons. The van der Waals surface area contributed by atoms with E-state index in [1.54, 1.807) is 0 Å². The molecule has 0 aromatic heterocycles. The van der Waals surface area contributed by atoms with Gasteiger partial charge in [0.1, 0.15) is 0 Å². The minimum absolute atomic E-state index is 0.0387. The highest BCUT2D eigenvalue weighted by atomic mass is 79.9. The average Bonchev–Trinajstić information content (AvgIpc) is 2.38. The van der Waals surface area contributed by atoms with Crippen LogP contribution in [0.15, 0.2) is 16.6 Å². The number of nitro groups is 1. The Morgan fingerprint density at radius 2 is 2.20 bits per heavy atom. The number of halogens is 1. The molecule has 0 aliphatic carbocycles. The second-order valence-electron chi connectivity index (χ2n) is 3.95. The van der Waals surface area contributed by atoms with E-state index in [0.29, 0.717) is 4.47 Å². The third kappa shape index (κ3) is 4.17. The maximum Gasteiger partial charge on any atom is 0.312 e. The quantitative estimate of drug-likeness (QED) is 0.481. The van der Waals surface area contributed by atoms with E-state index in [1.165, 1.54) is 26.2 Å². The fourth-order valence-electron chi connectivity index (χ4n) is 1.54. The third-order valence-electron chi connectivity index (χ3n) is 2.49. The van der Waals surface area contributed by atoms with E-state index in [1.807, 2.05) is 0 Å². The van der Waals surface area contributed by atoms with Gasteiger partial charge in [-0.2, -0.15) is 0 Å². The van der Waals surface area contributed by atoms with E-state index < -0.39 is 17.0 Å². The predicted octanol–water partition coefficient (Wildman–Crippen LogP) is 2.35. The second kappa shape index (κ2) is 7.20. The van der Waals surface area contributed by atoms with Gasteiger partial charge in [-0.25, -0.2) is 0 Å². The predicted molar refractivity (Wildman–Crippen MR) is 73.6 cm³/mol. The van der Waals surface area contributed by atoms with Crippen LogP contribution in [0.25, 0.3) is 0 Å². The number of carbonyl (C=O) groups excluding carboxylic acids is 1. The van der Waals surface area contributed by atoms with Gasteiger partial charge in [0, 0.05) is 16.1 Å². The van der Waals surface area contributed by atoms with Crippen LogP contribution in [0.1, 0.15) is 25.0 Å². The van der Waals surface area contributed by atoms with E-state index >= 15 is 0 Å². The first-order chi connectivity index (χ1) is 9.36. The van der Waals surface area contributed by atoms with Crippen molar-refractivity contribution in [2.45, 2.75) is 19.4 Å². The molecule has 1 rings (SSSR count). The van der Waals surface area contributed by atoms with Crippen LogP contribution in [0.4, 0.5) is 5.69 Å². The van der Waals surface area contributed by atoms with Gasteiger partial charge in [-0.3, -0.25) is 14.9 Å². The van der Waals surface area contributed by atoms with Crippen LogP contribution < -0.4 is 4.74 Å². The molecule has 8 heteroatoms. The van der Waals surface area contributed by atoms with Crippen molar-refractivity contribution in [2.24, 2.45) is 0 Å². The number of esters is 1. The molecule has 1 N–H and O–H groups in total. The smallest absolute Gasteiger partial charge is 0.312 e. The molecule has 0 heterocycles. The van der Waals surface area contributed by atoms with Crippen LogP contribution in [-0.4, -0.2) is 29.7 Å². The summed E-state index contributed by atoms with van der Waals surface area (Å²) in [7, 11) is 1.24. The van der Waals surface area contributed by atoms with E-state index in [0.717, 1.165) is 0 Å². The van der Waals surface area contributed by atoms with Gasteiger partial charge < -0.3 is 14.6 Å². The van der Waals surface area contributed by atoms with Gasteiger partial charge in [-0.15, -0.1) is 0 Å². The van der Waals surface area contributed by atoms with Crippen molar-refractivity contribution in [3.63, 3.8) is 0 Å². The fourth-order valence-corrected chi connectivity index (χ4v) is 2.00. The Balaban J connectivity index is 3.07. The van der Waals surface area contributed by atoms with Crippen LogP contribution in [0.5, 0.6) is 5.75 Å². The maximum absolute atomic E-state index is 11.0. The molecule has 1 aromatic rings. The summed E-state index contributed by atoms with van der Waals surface area (Å²) in [5.41, 5.74) is -0.00363. The number of rotatable bonds is 6. The molecule has 0 bridgehead atoms. The number of aliphatic hydroxyl groups is 1. The van der Waals surface area contributed by atoms with Gasteiger partial charge in [-0.05, 0) is 13.0 Å². The molecule has 0 unspecified atom stereocenters. The zero-order valence-corrected chi connectivity index (χ0v) is 12.5. The van der Waals surface area contributed by atoms with Crippen molar-refractivity contribution in [3.05, 3.63) is 32.3 Å². The fraction of sp³-hybridized carbons (Fsp3) is 0.417. The van der Waals surface area contributed by atoms with Gasteiger partial charge in [0.25, 0.3) is 0 Å². The van der Waals surface area contributed by atoms with Crippen LogP contribution in [0.2, 0.25) is 0 Å². The lowest BCUT2D eigenvalue weighted by Crippen LogP contribution is -2.10. The topological polar surface area (TPSA) is 98.9 Å². The molecule has 110 valence electrons. The minimum Gasteiger partial charge on any atom is -0.486 e. The monoisotopic (exact) mass is 347 g/mol. The molecule has 7 nitrogen and oxygen atoms in total. The van der Waals surface area contributed by atoms with Crippen LogP contribution in [0, 0.1) is 10.1 Å². The first-order valence-electron chi connectivity index (χ1n) is 5.72. The summed E-state index contributed by atoms with van der Waals surface area (Å²) in [5.74, 6) is -0.527. The van der Waals surface area contributed by atoms with Gasteiger partial charge in [0.05, 0.1) is 31.2 Å². The van der Waals surface area contributed by atoms with Gasteiger partial charge in [0.15, 0.2) is 0 Å². The molecule has 1 aromatic carbocycles. The Bertz CT molecular complexity index is 517. The lowest BCUT2D eigenvalue weighted by Gasteiger charge is -2.14. The molecular weight excluding hydrogens is 334 g/mol. The molecule has 0 spiro atoms. The number of nitro benzene ring substituents is 1. The zero-order valence-electron chi connectivity index (χ0n) is 11.0. The molecule has 0 fully saturated rings. The third-order valence-corrected chi connectivity index (χ3v) is 2.95. The van der Waals surface area contributed by atoms with Gasteiger partial charge >= 0.3 is 11.7 Å². The van der Waals surface area contributed by atoms with Crippen molar-refractivity contribution in [1.82, 2.24) is 0 Å². The number of aliphatic hydroxyl groups excluding tert-OH is 1. The first-order valence-corrected chi connectivity index (χ1v) is 6.51. The largest absolute Gasteiger partial charge is 0.486 e. The van der Waals surface area contributed by atoms with E-state index in [4.69, 9.17) is 4.74 Å². The van der Waals surface area contributed by atoms with Gasteiger partial charge in [-0.1, -0.05) is 15.9 Å². The number of ether oxygens (including phenoxy) is 2. The lowest BCUT2D eigenvalue weighted by atomic mass is 10.1. The van der Waals surface area contributed by atoms with E-state index in [-0.39, 0.29) is 30.0 Å². The van der Waals surface area contributed by atoms with Crippen molar-refractivity contribution in [3.8, 4) is 5.75 Å². The van der Waals surface area contributed by atoms with Crippen molar-refractivity contribution >= 4 is 27.6 Å².